The van der Waals surface area contributed by atoms with E-state index in [9.17, 15) is 43.2 Å². The second-order valence-electron chi connectivity index (χ2n) is 31.2. The Morgan fingerprint density at radius 2 is 0.475 bits per heavy atom. The van der Waals surface area contributed by atoms with Crippen molar-refractivity contribution < 1.29 is 80.2 Å². The van der Waals surface area contributed by atoms with E-state index >= 15 is 0 Å². The molecule has 0 aliphatic heterocycles. The number of carbonyl (C=O) groups excluding carboxylic acids is 4. The summed E-state index contributed by atoms with van der Waals surface area (Å²) in [7, 11) is -9.92. The van der Waals surface area contributed by atoms with Crippen molar-refractivity contribution >= 4 is 39.5 Å². The van der Waals surface area contributed by atoms with Gasteiger partial charge in [-0.3, -0.25) is 37.3 Å². The fourth-order valence-electron chi connectivity index (χ4n) is 12.6. The molecule has 0 spiro atoms. The van der Waals surface area contributed by atoms with Gasteiger partial charge in [0.1, 0.15) is 19.3 Å². The number of unbranched alkanes of at least 4 members (excludes halogenated alkanes) is 44. The highest BCUT2D eigenvalue weighted by atomic mass is 31.2. The molecule has 0 aromatic carbocycles. The number of esters is 4. The van der Waals surface area contributed by atoms with Crippen LogP contribution in [-0.2, 0) is 65.4 Å². The number of phosphoric ester groups is 2. The molecule has 0 radical (unpaired) electrons. The van der Waals surface area contributed by atoms with Gasteiger partial charge in [-0.25, -0.2) is 9.13 Å². The standard InChI is InChI=1S/C82H160O17P2/c1-9-75(8)61-53-45-40-41-47-55-63-80(85)93-69-78(99-82(87)65-57-49-39-33-27-21-24-30-36-44-52-60-74(6)7)71-97-101(90,91)95-67-76(83)66-94-100(88,89)96-70-77(68-92-79(84)62-54-46-37-31-25-19-16-12-14-18-23-29-35-43-51-59-73(4)5)98-81(86)64-56-48-38-32-26-20-15-11-10-13-17-22-28-34-42-50-58-72(2)3/h72-78,83H,9-71H2,1-8H3,(H,88,89)(H,90,91)/t75?,76-,77-,78-/m1/s1. The molecule has 600 valence electrons. The Hall–Kier alpha value is -1.94. The zero-order chi connectivity index (χ0) is 74.6. The molecular weight excluding hydrogens is 1320 g/mol. The minimum Gasteiger partial charge on any atom is -0.462 e. The largest absolute Gasteiger partial charge is 0.472 e. The van der Waals surface area contributed by atoms with E-state index in [1.54, 1.807) is 0 Å². The highest BCUT2D eigenvalue weighted by molar-refractivity contribution is 7.47. The second kappa shape index (κ2) is 71.0. The van der Waals surface area contributed by atoms with Gasteiger partial charge in [-0.15, -0.1) is 0 Å². The first kappa shape index (κ1) is 99.1. The van der Waals surface area contributed by atoms with Crippen LogP contribution in [0.2, 0.25) is 0 Å². The molecule has 19 heteroatoms. The molecule has 0 aromatic rings. The monoisotopic (exact) mass is 1480 g/mol. The van der Waals surface area contributed by atoms with Gasteiger partial charge in [0, 0.05) is 25.7 Å². The zero-order valence-electron chi connectivity index (χ0n) is 66.5. The molecule has 0 amide bonds. The maximum absolute atomic E-state index is 13.1. The Kier molecular flexibility index (Phi) is 69.6. The van der Waals surface area contributed by atoms with Crippen molar-refractivity contribution in [2.75, 3.05) is 39.6 Å². The minimum absolute atomic E-state index is 0.105. The maximum Gasteiger partial charge on any atom is 0.472 e. The highest BCUT2D eigenvalue weighted by Gasteiger charge is 2.30. The van der Waals surface area contributed by atoms with Crippen LogP contribution in [0.4, 0.5) is 0 Å². The minimum atomic E-state index is -4.96. The van der Waals surface area contributed by atoms with Crippen LogP contribution in [0.1, 0.15) is 421 Å². The first-order chi connectivity index (χ1) is 48.6. The normalized spacial score (nSPS) is 14.3. The van der Waals surface area contributed by atoms with Crippen molar-refractivity contribution in [2.45, 2.75) is 440 Å². The quantitative estimate of drug-likeness (QED) is 0.0222. The third-order valence-electron chi connectivity index (χ3n) is 19.4. The van der Waals surface area contributed by atoms with E-state index in [-0.39, 0.29) is 25.7 Å². The molecular formula is C82H160O17P2. The van der Waals surface area contributed by atoms with Crippen LogP contribution in [0, 0.1) is 23.7 Å². The Balaban J connectivity index is 5.24. The Morgan fingerprint density at radius 1 is 0.277 bits per heavy atom. The lowest BCUT2D eigenvalue weighted by atomic mass is 10.00. The molecule has 0 fully saturated rings. The lowest BCUT2D eigenvalue weighted by molar-refractivity contribution is -0.161. The van der Waals surface area contributed by atoms with Crippen LogP contribution in [0.25, 0.3) is 0 Å². The maximum atomic E-state index is 13.1. The summed E-state index contributed by atoms with van der Waals surface area (Å²) >= 11 is 0. The van der Waals surface area contributed by atoms with Gasteiger partial charge in [0.15, 0.2) is 12.2 Å². The Bertz CT molecular complexity index is 1970. The van der Waals surface area contributed by atoms with Gasteiger partial charge in [-0.2, -0.15) is 0 Å². The average molecular weight is 1480 g/mol. The molecule has 0 heterocycles. The molecule has 0 aliphatic carbocycles. The van der Waals surface area contributed by atoms with Crippen LogP contribution >= 0.6 is 15.6 Å². The third-order valence-corrected chi connectivity index (χ3v) is 21.3. The van der Waals surface area contributed by atoms with Crippen molar-refractivity contribution in [3.63, 3.8) is 0 Å². The Labute approximate surface area is 619 Å². The molecule has 3 N–H and O–H groups in total. The summed E-state index contributed by atoms with van der Waals surface area (Å²) in [5, 5.41) is 10.6. The number of ether oxygens (including phenoxy) is 4. The number of carbonyl (C=O) groups is 4. The van der Waals surface area contributed by atoms with Gasteiger partial charge in [-0.1, -0.05) is 370 Å². The van der Waals surface area contributed by atoms with E-state index < -0.39 is 97.5 Å². The van der Waals surface area contributed by atoms with Crippen LogP contribution < -0.4 is 0 Å². The number of aliphatic hydroxyl groups excluding tert-OH is 1. The van der Waals surface area contributed by atoms with Gasteiger partial charge in [0.25, 0.3) is 0 Å². The van der Waals surface area contributed by atoms with Crippen LogP contribution in [0.3, 0.4) is 0 Å². The van der Waals surface area contributed by atoms with Crippen molar-refractivity contribution in [1.82, 2.24) is 0 Å². The van der Waals surface area contributed by atoms with Crippen LogP contribution in [-0.4, -0.2) is 96.7 Å². The summed E-state index contributed by atoms with van der Waals surface area (Å²) in [5.74, 6) is 0.998. The van der Waals surface area contributed by atoms with Crippen LogP contribution in [0.15, 0.2) is 0 Å². The number of phosphoric acid groups is 2. The number of hydrogen-bond donors (Lipinski definition) is 3. The van der Waals surface area contributed by atoms with Gasteiger partial charge in [-0.05, 0) is 49.4 Å². The van der Waals surface area contributed by atoms with Crippen molar-refractivity contribution in [1.29, 1.82) is 0 Å². The smallest absolute Gasteiger partial charge is 0.462 e. The van der Waals surface area contributed by atoms with Crippen molar-refractivity contribution in [3.8, 4) is 0 Å². The summed E-state index contributed by atoms with van der Waals surface area (Å²) in [6, 6.07) is 0. The predicted octanol–water partition coefficient (Wildman–Crippen LogP) is 24.4. The van der Waals surface area contributed by atoms with E-state index in [2.05, 4.69) is 55.4 Å². The fraction of sp³-hybridized carbons (Fsp3) is 0.951. The fourth-order valence-corrected chi connectivity index (χ4v) is 14.2. The first-order valence-electron chi connectivity index (χ1n) is 42.2. The zero-order valence-corrected chi connectivity index (χ0v) is 68.3. The van der Waals surface area contributed by atoms with E-state index in [0.717, 1.165) is 120 Å². The van der Waals surface area contributed by atoms with Gasteiger partial charge in [0.05, 0.1) is 26.4 Å². The summed E-state index contributed by atoms with van der Waals surface area (Å²) in [6.45, 7) is 14.3. The molecule has 0 aliphatic rings. The molecule has 101 heavy (non-hydrogen) atoms. The topological polar surface area (TPSA) is 237 Å². The molecule has 0 rings (SSSR count). The van der Waals surface area contributed by atoms with Crippen molar-refractivity contribution in [3.05, 3.63) is 0 Å². The summed E-state index contributed by atoms with van der Waals surface area (Å²) in [6.07, 6.45) is 58.3. The predicted molar refractivity (Wildman–Crippen MR) is 414 cm³/mol. The van der Waals surface area contributed by atoms with Crippen molar-refractivity contribution in [2.24, 2.45) is 23.7 Å². The summed E-state index contributed by atoms with van der Waals surface area (Å²) < 4.78 is 68.7. The average Bonchev–Trinajstić information content (AvgIpc) is 1.12. The molecule has 0 bridgehead atoms. The highest BCUT2D eigenvalue weighted by Crippen LogP contribution is 2.45. The van der Waals surface area contributed by atoms with Gasteiger partial charge < -0.3 is 33.8 Å². The number of hydrogen-bond acceptors (Lipinski definition) is 15. The van der Waals surface area contributed by atoms with E-state index in [0.29, 0.717) is 25.7 Å². The molecule has 6 atom stereocenters. The van der Waals surface area contributed by atoms with E-state index in [1.165, 1.54) is 218 Å². The van der Waals surface area contributed by atoms with E-state index in [4.69, 9.17) is 37.0 Å². The van der Waals surface area contributed by atoms with E-state index in [1.807, 2.05) is 0 Å². The lowest BCUT2D eigenvalue weighted by Crippen LogP contribution is -2.30. The molecule has 3 unspecified atom stereocenters. The Morgan fingerprint density at radius 3 is 0.703 bits per heavy atom. The number of rotatable bonds is 79. The third kappa shape index (κ3) is 74.7. The molecule has 0 saturated carbocycles. The molecule has 0 aromatic heterocycles. The second-order valence-corrected chi connectivity index (χ2v) is 34.1. The number of aliphatic hydroxyl groups is 1. The lowest BCUT2D eigenvalue weighted by Gasteiger charge is -2.21. The van der Waals surface area contributed by atoms with Crippen LogP contribution in [0.5, 0.6) is 0 Å². The molecule has 0 saturated heterocycles. The van der Waals surface area contributed by atoms with Gasteiger partial charge >= 0.3 is 39.5 Å². The van der Waals surface area contributed by atoms with Gasteiger partial charge in [0.2, 0.25) is 0 Å². The summed E-state index contributed by atoms with van der Waals surface area (Å²) in [4.78, 5) is 73.1. The molecule has 17 nitrogen and oxygen atoms in total. The SMILES string of the molecule is CCC(C)CCCCCCCCC(=O)OC[C@H](COP(=O)(O)OC[C@H](O)COP(=O)(O)OC[C@@H](COC(=O)CCCCCCCCCCCCCCCCCC(C)C)OC(=O)CCCCCCCCCCCCCCCCCCC(C)C)OC(=O)CCCCCCCCCCCCCC(C)C. The first-order valence-corrected chi connectivity index (χ1v) is 45.2. The summed E-state index contributed by atoms with van der Waals surface area (Å²) in [5.41, 5.74) is 0.